The minimum atomic E-state index is -4.21. The van der Waals surface area contributed by atoms with Crippen LogP contribution in [0.5, 0.6) is 0 Å². The highest BCUT2D eigenvalue weighted by Gasteiger charge is 2.50. The molecule has 1 fully saturated rings. The molecule has 1 aliphatic carbocycles. The Balaban J connectivity index is 2.67. The van der Waals surface area contributed by atoms with Gasteiger partial charge in [-0.25, -0.2) is 4.79 Å². The minimum absolute atomic E-state index is 0.391. The highest BCUT2D eigenvalue weighted by Crippen LogP contribution is 2.30. The maximum Gasteiger partial charge on any atom is 0.399 e. The lowest BCUT2D eigenvalue weighted by Crippen LogP contribution is -2.42. The summed E-state index contributed by atoms with van der Waals surface area (Å²) in [5, 5.41) is 8.17. The summed E-state index contributed by atoms with van der Waals surface area (Å²) in [6.45, 7) is 0. The lowest BCUT2D eigenvalue weighted by atomic mass is 9.84. The number of Topliss-reactive ketones (excluding diaryl/α,β-unsaturated/α-hetero) is 1. The van der Waals surface area contributed by atoms with Gasteiger partial charge in [-0.05, 0) is 12.8 Å². The maximum absolute atomic E-state index is 12.8. The van der Waals surface area contributed by atoms with Crippen molar-refractivity contribution in [1.82, 2.24) is 0 Å². The summed E-state index contributed by atoms with van der Waals surface area (Å²) in [6, 6.07) is 0. The van der Waals surface area contributed by atoms with Crippen LogP contribution in [0.2, 0.25) is 0 Å². The molecule has 0 radical (unpaired) electrons. The van der Waals surface area contributed by atoms with Crippen LogP contribution < -0.4 is 0 Å². The second-order valence-corrected chi connectivity index (χ2v) is 3.58. The fraction of sp³-hybridized carbons (Fsp3) is 0.778. The number of ketones is 1. The number of carbonyl (C=O) groups excluding carboxylic acids is 1. The van der Waals surface area contributed by atoms with Gasteiger partial charge in [0.1, 0.15) is 0 Å². The number of hydrogen-bond acceptors (Lipinski definition) is 2. The van der Waals surface area contributed by atoms with Gasteiger partial charge in [-0.15, -0.1) is 0 Å². The number of rotatable bonds is 3. The van der Waals surface area contributed by atoms with E-state index in [0.717, 1.165) is 19.3 Å². The fourth-order valence-corrected chi connectivity index (χ4v) is 1.73. The van der Waals surface area contributed by atoms with Gasteiger partial charge in [0.15, 0.2) is 0 Å². The largest absolute Gasteiger partial charge is 0.476 e. The third-order valence-corrected chi connectivity index (χ3v) is 2.55. The van der Waals surface area contributed by atoms with Crippen LogP contribution in [-0.4, -0.2) is 22.8 Å². The summed E-state index contributed by atoms with van der Waals surface area (Å²) < 4.78 is 25.6. The van der Waals surface area contributed by atoms with Crippen LogP contribution in [0.25, 0.3) is 0 Å². The first kappa shape index (κ1) is 11.1. The Morgan fingerprint density at radius 1 is 1.14 bits per heavy atom. The van der Waals surface area contributed by atoms with Crippen LogP contribution in [0, 0.1) is 5.92 Å². The molecule has 5 heteroatoms. The Labute approximate surface area is 80.1 Å². The van der Waals surface area contributed by atoms with E-state index in [1.165, 1.54) is 0 Å². The Morgan fingerprint density at radius 3 is 2.07 bits per heavy atom. The van der Waals surface area contributed by atoms with Crippen molar-refractivity contribution >= 4 is 11.8 Å². The zero-order valence-corrected chi connectivity index (χ0v) is 7.63. The van der Waals surface area contributed by atoms with E-state index in [2.05, 4.69) is 0 Å². The number of halogens is 2. The molecule has 1 aliphatic rings. The van der Waals surface area contributed by atoms with Gasteiger partial charge in [-0.2, -0.15) is 8.78 Å². The molecule has 3 nitrogen and oxygen atoms in total. The molecule has 0 spiro atoms. The summed E-state index contributed by atoms with van der Waals surface area (Å²) in [5.74, 6) is -8.74. The van der Waals surface area contributed by atoms with E-state index in [1.54, 1.807) is 0 Å². The van der Waals surface area contributed by atoms with E-state index in [-0.39, 0.29) is 0 Å². The van der Waals surface area contributed by atoms with Crippen molar-refractivity contribution in [3.63, 3.8) is 0 Å². The summed E-state index contributed by atoms with van der Waals surface area (Å²) in [7, 11) is 0. The van der Waals surface area contributed by atoms with E-state index < -0.39 is 23.6 Å². The second-order valence-electron chi connectivity index (χ2n) is 3.58. The van der Waals surface area contributed by atoms with Crippen molar-refractivity contribution < 1.29 is 23.5 Å². The standard InChI is InChI=1S/C9H12F2O3/c10-9(11,8(13)14)7(12)6-4-2-1-3-5-6/h6H,1-5H2,(H,13,14). The molecule has 14 heavy (non-hydrogen) atoms. The van der Waals surface area contributed by atoms with Crippen LogP contribution in [0.3, 0.4) is 0 Å². The third-order valence-electron chi connectivity index (χ3n) is 2.55. The molecule has 0 bridgehead atoms. The topological polar surface area (TPSA) is 54.4 Å². The van der Waals surface area contributed by atoms with E-state index in [9.17, 15) is 18.4 Å². The molecule has 1 N–H and O–H groups in total. The summed E-state index contributed by atoms with van der Waals surface area (Å²) in [6.07, 6.45) is 3.17. The van der Waals surface area contributed by atoms with Gasteiger partial charge >= 0.3 is 11.9 Å². The normalized spacial score (nSPS) is 19.3. The zero-order chi connectivity index (χ0) is 10.8. The highest BCUT2D eigenvalue weighted by atomic mass is 19.3. The molecule has 0 saturated heterocycles. The summed E-state index contributed by atoms with van der Waals surface area (Å²) in [5.41, 5.74) is 0. The quantitative estimate of drug-likeness (QED) is 0.717. The van der Waals surface area contributed by atoms with E-state index in [1.807, 2.05) is 0 Å². The second kappa shape index (κ2) is 4.02. The van der Waals surface area contributed by atoms with Gasteiger partial charge in [0, 0.05) is 5.92 Å². The molecule has 0 atom stereocenters. The molecule has 0 aromatic heterocycles. The number of carbonyl (C=O) groups is 2. The molecule has 1 saturated carbocycles. The average molecular weight is 206 g/mol. The molecule has 0 aromatic carbocycles. The smallest absolute Gasteiger partial charge is 0.399 e. The first-order chi connectivity index (χ1) is 6.46. The van der Waals surface area contributed by atoms with Crippen LogP contribution in [-0.2, 0) is 9.59 Å². The van der Waals surface area contributed by atoms with E-state index in [0.29, 0.717) is 12.8 Å². The molecule has 1 rings (SSSR count). The van der Waals surface area contributed by atoms with Crippen molar-refractivity contribution in [2.24, 2.45) is 5.92 Å². The van der Waals surface area contributed by atoms with Gasteiger partial charge in [0.25, 0.3) is 0 Å². The number of carboxylic acids is 1. The third kappa shape index (κ3) is 2.08. The Morgan fingerprint density at radius 2 is 1.64 bits per heavy atom. The molecule has 0 aliphatic heterocycles. The molecule has 80 valence electrons. The number of carboxylic acid groups (broad SMARTS) is 1. The summed E-state index contributed by atoms with van der Waals surface area (Å²) in [4.78, 5) is 21.3. The monoisotopic (exact) mass is 206 g/mol. The van der Waals surface area contributed by atoms with Crippen molar-refractivity contribution in [2.75, 3.05) is 0 Å². The average Bonchev–Trinajstić information content (AvgIpc) is 2.17. The molecule has 0 aromatic rings. The Hall–Kier alpha value is -1.00. The first-order valence-corrected chi connectivity index (χ1v) is 4.61. The molecule has 0 amide bonds. The Bertz CT molecular complexity index is 244. The SMILES string of the molecule is O=C(O)C(F)(F)C(=O)C1CCCCC1. The fourth-order valence-electron chi connectivity index (χ4n) is 1.73. The number of hydrogen-bond donors (Lipinski definition) is 1. The maximum atomic E-state index is 12.8. The Kier molecular flexibility index (Phi) is 3.18. The van der Waals surface area contributed by atoms with Crippen LogP contribution in [0.1, 0.15) is 32.1 Å². The van der Waals surface area contributed by atoms with Gasteiger partial charge < -0.3 is 5.11 Å². The number of alkyl halides is 2. The van der Waals surface area contributed by atoms with Gasteiger partial charge in [0.05, 0.1) is 0 Å². The molecule has 0 unspecified atom stereocenters. The van der Waals surface area contributed by atoms with Crippen molar-refractivity contribution in [3.8, 4) is 0 Å². The summed E-state index contributed by atoms with van der Waals surface area (Å²) >= 11 is 0. The van der Waals surface area contributed by atoms with Crippen LogP contribution >= 0.6 is 0 Å². The first-order valence-electron chi connectivity index (χ1n) is 4.61. The predicted molar refractivity (Wildman–Crippen MR) is 44.2 cm³/mol. The zero-order valence-electron chi connectivity index (χ0n) is 7.63. The predicted octanol–water partition coefficient (Wildman–Crippen LogP) is 1.86. The van der Waals surface area contributed by atoms with Crippen molar-refractivity contribution in [1.29, 1.82) is 0 Å². The van der Waals surface area contributed by atoms with Crippen LogP contribution in [0.4, 0.5) is 8.78 Å². The molecular formula is C9H12F2O3. The molecular weight excluding hydrogens is 194 g/mol. The lowest BCUT2D eigenvalue weighted by molar-refractivity contribution is -0.173. The van der Waals surface area contributed by atoms with Gasteiger partial charge in [0.2, 0.25) is 5.78 Å². The van der Waals surface area contributed by atoms with Crippen LogP contribution in [0.15, 0.2) is 0 Å². The van der Waals surface area contributed by atoms with E-state index in [4.69, 9.17) is 5.11 Å². The molecule has 0 heterocycles. The van der Waals surface area contributed by atoms with Gasteiger partial charge in [-0.1, -0.05) is 19.3 Å². The van der Waals surface area contributed by atoms with E-state index >= 15 is 0 Å². The van der Waals surface area contributed by atoms with Crippen molar-refractivity contribution in [3.05, 3.63) is 0 Å². The highest BCUT2D eigenvalue weighted by molar-refractivity contribution is 6.05. The number of aliphatic carboxylic acids is 1. The van der Waals surface area contributed by atoms with Crippen molar-refractivity contribution in [2.45, 2.75) is 38.0 Å². The van der Waals surface area contributed by atoms with Gasteiger partial charge in [-0.3, -0.25) is 4.79 Å². The minimum Gasteiger partial charge on any atom is -0.476 e. The lowest BCUT2D eigenvalue weighted by Gasteiger charge is -2.22.